The lowest BCUT2D eigenvalue weighted by molar-refractivity contribution is 0.0608. The quantitative estimate of drug-likeness (QED) is 0.844. The van der Waals surface area contributed by atoms with E-state index < -0.39 is 6.10 Å². The molecule has 120 valence electrons. The molecule has 0 spiro atoms. The monoisotopic (exact) mass is 315 g/mol. The maximum Gasteiger partial charge on any atom is 0.141 e. The van der Waals surface area contributed by atoms with Gasteiger partial charge >= 0.3 is 0 Å². The Morgan fingerprint density at radius 1 is 1.19 bits per heavy atom. The second kappa shape index (κ2) is 7.34. The van der Waals surface area contributed by atoms with E-state index in [2.05, 4.69) is 5.32 Å². The van der Waals surface area contributed by atoms with Gasteiger partial charge in [0.25, 0.3) is 0 Å². The van der Waals surface area contributed by atoms with Gasteiger partial charge in [0.05, 0.1) is 25.3 Å². The highest BCUT2D eigenvalue weighted by Gasteiger charge is 2.23. The van der Waals surface area contributed by atoms with Gasteiger partial charge in [-0.25, -0.2) is 0 Å². The summed E-state index contributed by atoms with van der Waals surface area (Å²) < 4.78 is 10.6. The van der Waals surface area contributed by atoms with Crippen molar-refractivity contribution in [3.8, 4) is 11.5 Å². The molecule has 0 radical (unpaired) electrons. The van der Waals surface area contributed by atoms with E-state index in [0.717, 1.165) is 5.56 Å². The summed E-state index contributed by atoms with van der Waals surface area (Å²) >= 11 is 6.18. The lowest BCUT2D eigenvalue weighted by Crippen LogP contribution is -2.37. The molecule has 1 aromatic rings. The summed E-state index contributed by atoms with van der Waals surface area (Å²) in [7, 11) is 3.19. The summed E-state index contributed by atoms with van der Waals surface area (Å²) in [6.45, 7) is 8.53. The van der Waals surface area contributed by atoms with Crippen LogP contribution in [0.15, 0.2) is 12.1 Å². The highest BCUT2D eigenvalue weighted by Crippen LogP contribution is 2.35. The van der Waals surface area contributed by atoms with Crippen LogP contribution in [0.3, 0.4) is 0 Å². The van der Waals surface area contributed by atoms with Crippen LogP contribution in [-0.2, 0) is 0 Å². The van der Waals surface area contributed by atoms with Crippen molar-refractivity contribution in [1.29, 1.82) is 0 Å². The molecule has 2 unspecified atom stereocenters. The van der Waals surface area contributed by atoms with Crippen LogP contribution in [0.1, 0.15) is 39.3 Å². The average Bonchev–Trinajstić information content (AvgIpc) is 2.42. The Labute approximate surface area is 132 Å². The van der Waals surface area contributed by atoms with E-state index in [9.17, 15) is 5.11 Å². The molecule has 0 aliphatic carbocycles. The van der Waals surface area contributed by atoms with Crippen LogP contribution in [0.25, 0.3) is 0 Å². The van der Waals surface area contributed by atoms with Gasteiger partial charge in [-0.3, -0.25) is 0 Å². The van der Waals surface area contributed by atoms with Crippen molar-refractivity contribution in [2.45, 2.75) is 39.8 Å². The maximum atomic E-state index is 10.1. The molecule has 0 heterocycles. The first-order valence-corrected chi connectivity index (χ1v) is 7.41. The number of rotatable bonds is 6. The molecular formula is C16H26ClNO3. The molecule has 0 saturated heterocycles. The molecule has 0 amide bonds. The van der Waals surface area contributed by atoms with Crippen LogP contribution >= 0.6 is 11.6 Å². The number of aliphatic hydroxyl groups excluding tert-OH is 1. The van der Waals surface area contributed by atoms with Crippen molar-refractivity contribution in [3.63, 3.8) is 0 Å². The van der Waals surface area contributed by atoms with E-state index in [0.29, 0.717) is 23.1 Å². The van der Waals surface area contributed by atoms with Gasteiger partial charge in [-0.05, 0) is 18.4 Å². The van der Waals surface area contributed by atoms with Crippen LogP contribution in [0.5, 0.6) is 11.5 Å². The fourth-order valence-corrected chi connectivity index (χ4v) is 2.18. The van der Waals surface area contributed by atoms with Crippen molar-refractivity contribution < 1.29 is 14.6 Å². The van der Waals surface area contributed by atoms with Crippen molar-refractivity contribution in [2.75, 3.05) is 20.8 Å². The number of methoxy groups -OCH3 is 2. The molecule has 0 aliphatic heterocycles. The van der Waals surface area contributed by atoms with E-state index in [1.165, 1.54) is 0 Å². The third-order valence-electron chi connectivity index (χ3n) is 3.59. The zero-order valence-electron chi connectivity index (χ0n) is 13.7. The van der Waals surface area contributed by atoms with Crippen LogP contribution in [0.4, 0.5) is 0 Å². The van der Waals surface area contributed by atoms with E-state index in [1.54, 1.807) is 20.3 Å². The van der Waals surface area contributed by atoms with Gasteiger partial charge in [0.15, 0.2) is 0 Å². The molecule has 2 N–H and O–H groups in total. The summed E-state index contributed by atoms with van der Waals surface area (Å²) in [6, 6.07) is 3.61. The fourth-order valence-electron chi connectivity index (χ4n) is 1.93. The van der Waals surface area contributed by atoms with Crippen molar-refractivity contribution in [2.24, 2.45) is 5.41 Å². The smallest absolute Gasteiger partial charge is 0.141 e. The minimum atomic E-state index is -0.431. The molecule has 5 heteroatoms. The topological polar surface area (TPSA) is 50.7 Å². The molecule has 1 rings (SSSR count). The minimum Gasteiger partial charge on any atom is -0.496 e. The zero-order chi connectivity index (χ0) is 16.2. The van der Waals surface area contributed by atoms with Gasteiger partial charge in [-0.2, -0.15) is 0 Å². The van der Waals surface area contributed by atoms with Crippen molar-refractivity contribution in [1.82, 2.24) is 5.32 Å². The number of aliphatic hydroxyl groups is 1. The second-order valence-corrected chi connectivity index (χ2v) is 6.65. The Hall–Kier alpha value is -0.970. The van der Waals surface area contributed by atoms with Gasteiger partial charge in [-0.1, -0.05) is 32.4 Å². The van der Waals surface area contributed by atoms with E-state index in [-0.39, 0.29) is 11.5 Å². The molecular weight excluding hydrogens is 290 g/mol. The molecule has 0 aromatic heterocycles. The number of halogens is 1. The van der Waals surface area contributed by atoms with Crippen molar-refractivity contribution >= 4 is 11.6 Å². The van der Waals surface area contributed by atoms with Gasteiger partial charge in [0.2, 0.25) is 0 Å². The second-order valence-electron chi connectivity index (χ2n) is 6.24. The Kier molecular flexibility index (Phi) is 6.32. The predicted molar refractivity (Wildman–Crippen MR) is 86.4 cm³/mol. The fraction of sp³-hybridized carbons (Fsp3) is 0.625. The molecule has 1 aromatic carbocycles. The molecule has 0 bridgehead atoms. The standard InChI is InChI=1S/C16H26ClNO3/c1-10(18-9-15(19)16(2,3)4)11-7-12(17)14(21-6)8-13(11)20-5/h7-8,10,15,18-19H,9H2,1-6H3. The number of hydrogen-bond acceptors (Lipinski definition) is 4. The van der Waals surface area contributed by atoms with Crippen LogP contribution in [0, 0.1) is 5.41 Å². The zero-order valence-corrected chi connectivity index (χ0v) is 14.4. The summed E-state index contributed by atoms with van der Waals surface area (Å²) in [4.78, 5) is 0. The van der Waals surface area contributed by atoms with Crippen LogP contribution < -0.4 is 14.8 Å². The number of ether oxygens (including phenoxy) is 2. The SMILES string of the molecule is COc1cc(OC)c(C(C)NCC(O)C(C)(C)C)cc1Cl. The summed E-state index contributed by atoms with van der Waals surface area (Å²) in [5.41, 5.74) is 0.776. The summed E-state index contributed by atoms with van der Waals surface area (Å²) in [5.74, 6) is 1.29. The van der Waals surface area contributed by atoms with Gasteiger partial charge in [0.1, 0.15) is 11.5 Å². The Bertz CT molecular complexity index is 471. The number of benzene rings is 1. The molecule has 2 atom stereocenters. The lowest BCUT2D eigenvalue weighted by atomic mass is 9.89. The van der Waals surface area contributed by atoms with Crippen molar-refractivity contribution in [3.05, 3.63) is 22.7 Å². The molecule has 0 aliphatic rings. The van der Waals surface area contributed by atoms with Gasteiger partial charge in [0, 0.05) is 24.2 Å². The van der Waals surface area contributed by atoms with Gasteiger partial charge < -0.3 is 19.9 Å². The van der Waals surface area contributed by atoms with Gasteiger partial charge in [-0.15, -0.1) is 0 Å². The Morgan fingerprint density at radius 2 is 1.76 bits per heavy atom. The summed E-state index contributed by atoms with van der Waals surface area (Å²) in [6.07, 6.45) is -0.431. The average molecular weight is 316 g/mol. The maximum absolute atomic E-state index is 10.1. The Morgan fingerprint density at radius 3 is 2.24 bits per heavy atom. The molecule has 4 nitrogen and oxygen atoms in total. The summed E-state index contributed by atoms with van der Waals surface area (Å²) in [5, 5.41) is 14.0. The predicted octanol–water partition coefficient (Wildman–Crippen LogP) is 3.41. The first kappa shape index (κ1) is 18.1. The molecule has 0 fully saturated rings. The molecule has 21 heavy (non-hydrogen) atoms. The molecule has 0 saturated carbocycles. The lowest BCUT2D eigenvalue weighted by Gasteiger charge is -2.28. The first-order chi connectivity index (χ1) is 9.70. The van der Waals surface area contributed by atoms with Crippen LogP contribution in [0.2, 0.25) is 5.02 Å². The van der Waals surface area contributed by atoms with E-state index in [1.807, 2.05) is 33.8 Å². The third kappa shape index (κ3) is 4.77. The van der Waals surface area contributed by atoms with E-state index >= 15 is 0 Å². The largest absolute Gasteiger partial charge is 0.496 e. The normalized spacial score (nSPS) is 14.7. The van der Waals surface area contributed by atoms with E-state index in [4.69, 9.17) is 21.1 Å². The minimum absolute atomic E-state index is 0.000330. The van der Waals surface area contributed by atoms with Crippen LogP contribution in [-0.4, -0.2) is 32.0 Å². The first-order valence-electron chi connectivity index (χ1n) is 7.03. The third-order valence-corrected chi connectivity index (χ3v) is 3.88. The highest BCUT2D eigenvalue weighted by molar-refractivity contribution is 6.32. The highest BCUT2D eigenvalue weighted by atomic mass is 35.5. The number of hydrogen-bond donors (Lipinski definition) is 2. The Balaban J connectivity index is 2.87. The number of nitrogens with one attached hydrogen (secondary N) is 1.